The van der Waals surface area contributed by atoms with E-state index in [-0.39, 0.29) is 34.9 Å². The van der Waals surface area contributed by atoms with Crippen molar-refractivity contribution in [3.8, 4) is 17.9 Å². The summed E-state index contributed by atoms with van der Waals surface area (Å²) in [5.41, 5.74) is -1.47. The Balaban J connectivity index is 2.03. The van der Waals surface area contributed by atoms with Crippen molar-refractivity contribution in [1.29, 1.82) is 10.5 Å². The van der Waals surface area contributed by atoms with Gasteiger partial charge in [0.2, 0.25) is 0 Å². The molecule has 0 aliphatic rings. The topological polar surface area (TPSA) is 83.1 Å². The molecular weight excluding hydrogens is 398 g/mol. The highest BCUT2D eigenvalue weighted by molar-refractivity contribution is 7.89. The largest absolute Gasteiger partial charge is 0.593 e. The Morgan fingerprint density at radius 2 is 1.79 bits per heavy atom. The van der Waals surface area contributed by atoms with E-state index in [4.69, 9.17) is 15.3 Å². The first-order chi connectivity index (χ1) is 13.2. The van der Waals surface area contributed by atoms with Crippen LogP contribution >= 0.6 is 0 Å². The quantitative estimate of drug-likeness (QED) is 0.536. The Kier molecular flexibility index (Phi) is 6.86. The smallest absolute Gasteiger partial charge is 0.416 e. The van der Waals surface area contributed by atoms with E-state index in [9.17, 15) is 22.1 Å². The Morgan fingerprint density at radius 1 is 1.11 bits per heavy atom. The molecule has 0 radical (unpaired) electrons. The second-order valence-electron chi connectivity index (χ2n) is 5.52. The number of rotatable bonds is 6. The van der Waals surface area contributed by atoms with E-state index in [1.54, 1.807) is 12.1 Å². The standard InChI is InChI=1S/C18H13F4N3O2S/c1-25(6-7-27-15-4-2-12(10-23)16(19)9-15)28(26)17-5-3-14(18(20,21)22)8-13(17)11-24/h2-5,8-9H,6-7H2,1H3. The van der Waals surface area contributed by atoms with Crippen LogP contribution in [0.1, 0.15) is 16.7 Å². The van der Waals surface area contributed by atoms with Crippen LogP contribution < -0.4 is 4.74 Å². The molecule has 0 heterocycles. The van der Waals surface area contributed by atoms with Crippen LogP contribution in [-0.4, -0.2) is 29.1 Å². The normalized spacial score (nSPS) is 12.3. The zero-order valence-electron chi connectivity index (χ0n) is 14.5. The summed E-state index contributed by atoms with van der Waals surface area (Å²) in [6.07, 6.45) is -4.61. The van der Waals surface area contributed by atoms with Crippen molar-refractivity contribution in [2.45, 2.75) is 11.1 Å². The van der Waals surface area contributed by atoms with Crippen molar-refractivity contribution in [1.82, 2.24) is 4.31 Å². The van der Waals surface area contributed by atoms with Crippen molar-refractivity contribution in [2.75, 3.05) is 20.2 Å². The maximum absolute atomic E-state index is 13.5. The molecule has 1 atom stereocenters. The lowest BCUT2D eigenvalue weighted by molar-refractivity contribution is -0.137. The number of hydrogen-bond donors (Lipinski definition) is 0. The number of likely N-dealkylation sites (N-methyl/N-ethyl adjacent to an activating group) is 1. The van der Waals surface area contributed by atoms with Gasteiger partial charge in [0.15, 0.2) is 4.90 Å². The average Bonchev–Trinajstić information content (AvgIpc) is 2.66. The van der Waals surface area contributed by atoms with Gasteiger partial charge in [-0.15, -0.1) is 4.31 Å². The molecule has 0 N–H and O–H groups in total. The molecule has 10 heteroatoms. The molecule has 0 aliphatic carbocycles. The van der Waals surface area contributed by atoms with Crippen LogP contribution in [0.15, 0.2) is 41.3 Å². The van der Waals surface area contributed by atoms with Gasteiger partial charge in [0, 0.05) is 13.1 Å². The predicted octanol–water partition coefficient (Wildman–Crippen LogP) is 3.62. The highest BCUT2D eigenvalue weighted by Gasteiger charge is 2.33. The third kappa shape index (κ3) is 5.14. The van der Waals surface area contributed by atoms with E-state index >= 15 is 0 Å². The lowest BCUT2D eigenvalue weighted by Gasteiger charge is -2.21. The van der Waals surface area contributed by atoms with E-state index in [1.165, 1.54) is 23.5 Å². The minimum Gasteiger partial charge on any atom is -0.593 e. The van der Waals surface area contributed by atoms with Crippen LogP contribution in [0, 0.1) is 28.5 Å². The number of nitriles is 2. The van der Waals surface area contributed by atoms with Gasteiger partial charge in [-0.25, -0.2) is 4.39 Å². The molecule has 2 aromatic carbocycles. The molecule has 28 heavy (non-hydrogen) atoms. The zero-order chi connectivity index (χ0) is 20.9. The fourth-order valence-corrected chi connectivity index (χ4v) is 3.22. The Bertz CT molecular complexity index is 938. The third-order valence-electron chi connectivity index (χ3n) is 3.63. The van der Waals surface area contributed by atoms with Crippen molar-refractivity contribution in [2.24, 2.45) is 0 Å². The molecule has 146 valence electrons. The first-order valence-electron chi connectivity index (χ1n) is 7.74. The van der Waals surface area contributed by atoms with Gasteiger partial charge in [-0.1, -0.05) is 0 Å². The number of hydrogen-bond acceptors (Lipinski definition) is 5. The van der Waals surface area contributed by atoms with E-state index in [2.05, 4.69) is 0 Å². The minimum atomic E-state index is -4.61. The zero-order valence-corrected chi connectivity index (χ0v) is 15.3. The van der Waals surface area contributed by atoms with E-state index in [1.807, 2.05) is 0 Å². The van der Waals surface area contributed by atoms with Crippen LogP contribution in [0.2, 0.25) is 0 Å². The van der Waals surface area contributed by atoms with Crippen molar-refractivity contribution in [3.05, 3.63) is 58.9 Å². The van der Waals surface area contributed by atoms with Gasteiger partial charge < -0.3 is 9.29 Å². The summed E-state index contributed by atoms with van der Waals surface area (Å²) in [5.74, 6) is -0.566. The molecule has 2 rings (SSSR count). The van der Waals surface area contributed by atoms with E-state index in [0.29, 0.717) is 6.07 Å². The van der Waals surface area contributed by atoms with Crippen molar-refractivity contribution >= 4 is 11.4 Å². The van der Waals surface area contributed by atoms with Gasteiger partial charge in [0.1, 0.15) is 35.9 Å². The first-order valence-corrected chi connectivity index (χ1v) is 8.85. The number of nitrogens with zero attached hydrogens (tertiary/aromatic N) is 3. The summed E-state index contributed by atoms with van der Waals surface area (Å²) in [4.78, 5) is -0.0533. The summed E-state index contributed by atoms with van der Waals surface area (Å²) < 4.78 is 70.9. The van der Waals surface area contributed by atoms with Gasteiger partial charge in [-0.05, 0) is 30.3 Å². The molecule has 0 aliphatic heterocycles. The van der Waals surface area contributed by atoms with Crippen LogP contribution in [0.25, 0.3) is 0 Å². The molecule has 0 fully saturated rings. The second-order valence-corrected chi connectivity index (χ2v) is 7.08. The number of ether oxygens (including phenoxy) is 1. The Hall–Kier alpha value is -2.79. The van der Waals surface area contributed by atoms with Crippen LogP contribution in [0.3, 0.4) is 0 Å². The summed E-state index contributed by atoms with van der Waals surface area (Å²) in [6, 6.07) is 9.42. The molecule has 0 saturated carbocycles. The minimum absolute atomic E-state index is 0.00387. The summed E-state index contributed by atoms with van der Waals surface area (Å²) >= 11 is -1.90. The van der Waals surface area contributed by atoms with Crippen LogP contribution in [0.5, 0.6) is 5.75 Å². The van der Waals surface area contributed by atoms with Gasteiger partial charge in [-0.2, -0.15) is 23.7 Å². The molecule has 0 saturated heterocycles. The fourth-order valence-electron chi connectivity index (χ4n) is 2.17. The maximum atomic E-state index is 13.5. The summed E-state index contributed by atoms with van der Waals surface area (Å²) in [5, 5.41) is 17.8. The Labute approximate surface area is 161 Å². The first kappa shape index (κ1) is 21.5. The maximum Gasteiger partial charge on any atom is 0.416 e. The van der Waals surface area contributed by atoms with Crippen LogP contribution in [-0.2, 0) is 17.5 Å². The molecule has 2 aromatic rings. The number of benzene rings is 2. The molecule has 5 nitrogen and oxygen atoms in total. The van der Waals surface area contributed by atoms with Crippen molar-refractivity contribution < 1.29 is 26.9 Å². The van der Waals surface area contributed by atoms with Crippen LogP contribution in [0.4, 0.5) is 17.6 Å². The number of alkyl halides is 3. The Morgan fingerprint density at radius 3 is 2.36 bits per heavy atom. The highest BCUT2D eigenvalue weighted by atomic mass is 32.2. The van der Waals surface area contributed by atoms with Gasteiger partial charge >= 0.3 is 6.18 Å². The van der Waals surface area contributed by atoms with Gasteiger partial charge in [0.25, 0.3) is 0 Å². The summed E-state index contributed by atoms with van der Waals surface area (Å²) in [6.45, 7) is 0.0796. The lowest BCUT2D eigenvalue weighted by atomic mass is 10.1. The molecule has 0 aromatic heterocycles. The molecule has 0 bridgehead atoms. The monoisotopic (exact) mass is 411 g/mol. The van der Waals surface area contributed by atoms with Gasteiger partial charge in [0.05, 0.1) is 29.0 Å². The third-order valence-corrected chi connectivity index (χ3v) is 5.12. The predicted molar refractivity (Wildman–Crippen MR) is 91.8 cm³/mol. The summed E-state index contributed by atoms with van der Waals surface area (Å²) in [7, 11) is 1.44. The van der Waals surface area contributed by atoms with E-state index in [0.717, 1.165) is 18.2 Å². The molecule has 0 spiro atoms. The SMILES string of the molecule is CN(CCOc1ccc(C#N)c(F)c1)[S+]([O-])c1ccc(C(F)(F)F)cc1C#N. The average molecular weight is 411 g/mol. The highest BCUT2D eigenvalue weighted by Crippen LogP contribution is 2.32. The molecule has 1 unspecified atom stereocenters. The molecular formula is C18H13F4N3O2S. The lowest BCUT2D eigenvalue weighted by Crippen LogP contribution is -2.31. The van der Waals surface area contributed by atoms with Crippen molar-refractivity contribution in [3.63, 3.8) is 0 Å². The molecule has 0 amide bonds. The second kappa shape index (κ2) is 8.93. The van der Waals surface area contributed by atoms with E-state index < -0.39 is 28.9 Å². The van der Waals surface area contributed by atoms with Gasteiger partial charge in [-0.3, -0.25) is 0 Å². The number of halogens is 4. The fraction of sp³-hybridized carbons (Fsp3) is 0.222.